The molecule has 0 aliphatic heterocycles. The molecule has 2 aromatic carbocycles. The molecule has 2 N–H and O–H groups in total. The number of rotatable bonds is 7. The van der Waals surface area contributed by atoms with Gasteiger partial charge in [0.25, 0.3) is 0 Å². The first-order chi connectivity index (χ1) is 15.1. The van der Waals surface area contributed by atoms with Gasteiger partial charge in [-0.1, -0.05) is 48.0 Å². The van der Waals surface area contributed by atoms with Gasteiger partial charge in [0.1, 0.15) is 0 Å². The number of nitrogens with one attached hydrogen (secondary N) is 2. The minimum atomic E-state index is 0.656. The second-order valence-corrected chi connectivity index (χ2v) is 8.38. The lowest BCUT2D eigenvalue weighted by Gasteiger charge is -2.26. The van der Waals surface area contributed by atoms with Crippen molar-refractivity contribution in [2.24, 2.45) is 0 Å². The van der Waals surface area contributed by atoms with Crippen LogP contribution < -0.4 is 5.32 Å². The van der Waals surface area contributed by atoms with Crippen LogP contribution in [-0.4, -0.2) is 26.5 Å². The molecule has 0 bridgehead atoms. The molecule has 0 atom stereocenters. The van der Waals surface area contributed by atoms with Crippen molar-refractivity contribution in [1.29, 1.82) is 0 Å². The Morgan fingerprint density at radius 1 is 1.10 bits per heavy atom. The molecule has 31 heavy (non-hydrogen) atoms. The van der Waals surface area contributed by atoms with Crippen molar-refractivity contribution in [2.45, 2.75) is 26.4 Å². The monoisotopic (exact) mass is 448 g/mol. The normalized spacial score (nSPS) is 10.9. The Bertz CT molecular complexity index is 1160. The summed E-state index contributed by atoms with van der Waals surface area (Å²) in [5, 5.41) is 6.06. The van der Waals surface area contributed by atoms with Gasteiger partial charge in [0.05, 0.1) is 12.2 Å². The van der Waals surface area contributed by atoms with E-state index in [0.717, 1.165) is 34.3 Å². The average molecular weight is 449 g/mol. The van der Waals surface area contributed by atoms with Gasteiger partial charge in [0, 0.05) is 40.9 Å². The summed E-state index contributed by atoms with van der Waals surface area (Å²) < 4.78 is 0. The number of H-pyrrole nitrogens is 1. The van der Waals surface area contributed by atoms with Gasteiger partial charge in [-0.05, 0) is 67.0 Å². The van der Waals surface area contributed by atoms with E-state index in [-0.39, 0.29) is 0 Å². The molecule has 158 valence electrons. The second kappa shape index (κ2) is 9.94. The van der Waals surface area contributed by atoms with Gasteiger partial charge in [-0.2, -0.15) is 0 Å². The number of aromatic nitrogens is 2. The molecule has 4 aromatic rings. The molecule has 4 rings (SSSR count). The molecule has 0 aliphatic carbocycles. The highest BCUT2D eigenvalue weighted by Crippen LogP contribution is 2.26. The molecule has 0 fully saturated rings. The largest absolute Gasteiger partial charge is 0.358 e. The van der Waals surface area contributed by atoms with Gasteiger partial charge < -0.3 is 15.2 Å². The smallest absolute Gasteiger partial charge is 0.169 e. The summed E-state index contributed by atoms with van der Waals surface area (Å²) >= 11 is 12.0. The summed E-state index contributed by atoms with van der Waals surface area (Å²) in [4.78, 5) is 10.1. The van der Waals surface area contributed by atoms with Crippen molar-refractivity contribution >= 4 is 39.8 Å². The first kappa shape index (κ1) is 21.3. The van der Waals surface area contributed by atoms with Crippen LogP contribution in [0.3, 0.4) is 0 Å². The van der Waals surface area contributed by atoms with Crippen molar-refractivity contribution in [2.75, 3.05) is 6.54 Å². The molecule has 0 radical (unpaired) electrons. The number of nitrogens with zero attached hydrogens (tertiary/aromatic N) is 2. The minimum absolute atomic E-state index is 0.656. The Balaban J connectivity index is 1.51. The summed E-state index contributed by atoms with van der Waals surface area (Å²) in [6.45, 7) is 4.24. The molecule has 0 unspecified atom stereocenters. The summed E-state index contributed by atoms with van der Waals surface area (Å²) in [6, 6.07) is 22.2. The number of benzene rings is 2. The fourth-order valence-electron chi connectivity index (χ4n) is 3.75. The third-order valence-corrected chi connectivity index (χ3v) is 6.00. The Kier molecular flexibility index (Phi) is 6.85. The molecule has 6 heteroatoms. The topological polar surface area (TPSA) is 44.0 Å². The Hall–Kier alpha value is -2.89. The van der Waals surface area contributed by atoms with Gasteiger partial charge in [-0.15, -0.1) is 0 Å². The highest BCUT2D eigenvalue weighted by atomic mass is 35.5. The van der Waals surface area contributed by atoms with E-state index in [4.69, 9.17) is 23.8 Å². The molecule has 0 aliphatic rings. The maximum Gasteiger partial charge on any atom is 0.169 e. The van der Waals surface area contributed by atoms with Gasteiger partial charge >= 0.3 is 0 Å². The lowest BCUT2D eigenvalue weighted by molar-refractivity contribution is 0.404. The van der Waals surface area contributed by atoms with Crippen LogP contribution in [0.4, 0.5) is 0 Å². The van der Waals surface area contributed by atoms with Gasteiger partial charge in [-0.25, -0.2) is 0 Å². The Morgan fingerprint density at radius 2 is 1.90 bits per heavy atom. The number of pyridine rings is 1. The summed E-state index contributed by atoms with van der Waals surface area (Å²) in [5.74, 6) is 0. The summed E-state index contributed by atoms with van der Waals surface area (Å²) in [6.07, 6.45) is 2.67. The van der Waals surface area contributed by atoms with E-state index >= 15 is 0 Å². The van der Waals surface area contributed by atoms with Crippen LogP contribution in [0.2, 0.25) is 5.02 Å². The molecular weight excluding hydrogens is 424 g/mol. The van der Waals surface area contributed by atoms with Crippen molar-refractivity contribution in [3.05, 3.63) is 100 Å². The maximum absolute atomic E-state index is 6.26. The highest BCUT2D eigenvalue weighted by Gasteiger charge is 2.15. The van der Waals surface area contributed by atoms with E-state index in [1.54, 1.807) is 0 Å². The number of hydrogen-bond acceptors (Lipinski definition) is 2. The van der Waals surface area contributed by atoms with Crippen molar-refractivity contribution in [3.63, 3.8) is 0 Å². The van der Waals surface area contributed by atoms with E-state index in [9.17, 15) is 0 Å². The molecule has 2 heterocycles. The number of fused-ring (bicyclic) bond motifs is 1. The first-order valence-electron chi connectivity index (χ1n) is 10.3. The van der Waals surface area contributed by atoms with Gasteiger partial charge in [0.15, 0.2) is 5.11 Å². The quantitative estimate of drug-likeness (QED) is 0.359. The predicted octanol–water partition coefficient (Wildman–Crippen LogP) is 5.64. The predicted molar refractivity (Wildman–Crippen MR) is 132 cm³/mol. The van der Waals surface area contributed by atoms with Crippen LogP contribution in [0.25, 0.3) is 10.9 Å². The van der Waals surface area contributed by atoms with Gasteiger partial charge in [0.2, 0.25) is 0 Å². The standard InChI is InChI=1S/C25H25ClN4S/c1-18-22(23-15-20(26)10-11-24(23)29-18)12-14-30(17-21-9-5-6-13-27-21)25(31)28-16-19-7-3-2-4-8-19/h2-11,13,15,29H,12,14,16-17H2,1H3,(H,28,31). The minimum Gasteiger partial charge on any atom is -0.358 e. The fraction of sp³-hybridized carbons (Fsp3) is 0.200. The number of aryl methyl sites for hydroxylation is 1. The SMILES string of the molecule is Cc1[nH]c2ccc(Cl)cc2c1CCN(Cc1ccccn1)C(=S)NCc1ccccc1. The van der Waals surface area contributed by atoms with E-state index in [1.165, 1.54) is 22.2 Å². The van der Waals surface area contributed by atoms with Gasteiger partial charge in [-0.3, -0.25) is 4.98 Å². The van der Waals surface area contributed by atoms with Crippen LogP contribution in [0.1, 0.15) is 22.5 Å². The zero-order chi connectivity index (χ0) is 21.6. The number of thiocarbonyl (C=S) groups is 1. The molecular formula is C25H25ClN4S. The average Bonchev–Trinajstić information content (AvgIpc) is 3.10. The lowest BCUT2D eigenvalue weighted by atomic mass is 10.1. The lowest BCUT2D eigenvalue weighted by Crippen LogP contribution is -2.40. The van der Waals surface area contributed by atoms with E-state index in [2.05, 4.69) is 39.2 Å². The van der Waals surface area contributed by atoms with Crippen molar-refractivity contribution in [1.82, 2.24) is 20.2 Å². The number of halogens is 1. The zero-order valence-electron chi connectivity index (χ0n) is 17.4. The fourth-order valence-corrected chi connectivity index (χ4v) is 4.15. The second-order valence-electron chi connectivity index (χ2n) is 7.56. The summed E-state index contributed by atoms with van der Waals surface area (Å²) in [5.41, 5.74) is 5.74. The molecule has 0 amide bonds. The molecule has 0 spiro atoms. The first-order valence-corrected chi connectivity index (χ1v) is 11.1. The van der Waals surface area contributed by atoms with Crippen LogP contribution in [0, 0.1) is 6.92 Å². The Morgan fingerprint density at radius 3 is 2.68 bits per heavy atom. The van der Waals surface area contributed by atoms with Crippen LogP contribution in [0.15, 0.2) is 72.9 Å². The third kappa shape index (κ3) is 5.43. The molecule has 2 aromatic heterocycles. The van der Waals surface area contributed by atoms with Crippen LogP contribution in [0.5, 0.6) is 0 Å². The molecule has 0 saturated heterocycles. The number of hydrogen-bond donors (Lipinski definition) is 2. The highest BCUT2D eigenvalue weighted by molar-refractivity contribution is 7.80. The molecule has 0 saturated carbocycles. The van der Waals surface area contributed by atoms with Crippen LogP contribution in [-0.2, 0) is 19.5 Å². The summed E-state index contributed by atoms with van der Waals surface area (Å²) in [7, 11) is 0. The number of aromatic amines is 1. The third-order valence-electron chi connectivity index (χ3n) is 5.37. The van der Waals surface area contributed by atoms with Crippen molar-refractivity contribution in [3.8, 4) is 0 Å². The van der Waals surface area contributed by atoms with Crippen LogP contribution >= 0.6 is 23.8 Å². The van der Waals surface area contributed by atoms with Crippen molar-refractivity contribution < 1.29 is 0 Å². The van der Waals surface area contributed by atoms with E-state index in [0.29, 0.717) is 13.1 Å². The Labute approximate surface area is 193 Å². The van der Waals surface area contributed by atoms with E-state index in [1.807, 2.05) is 60.8 Å². The zero-order valence-corrected chi connectivity index (χ0v) is 19.0. The maximum atomic E-state index is 6.26. The molecule has 4 nitrogen and oxygen atoms in total. The van der Waals surface area contributed by atoms with E-state index < -0.39 is 0 Å².